The van der Waals surface area contributed by atoms with E-state index >= 15 is 0 Å². The van der Waals surface area contributed by atoms with Crippen molar-refractivity contribution in [3.8, 4) is 5.75 Å². The summed E-state index contributed by atoms with van der Waals surface area (Å²) in [7, 11) is 0. The van der Waals surface area contributed by atoms with Gasteiger partial charge in [0, 0.05) is 22.7 Å². The number of carbonyl (C=O) groups excluding carboxylic acids is 1. The molecule has 0 amide bonds. The third-order valence-corrected chi connectivity index (χ3v) is 3.53. The molecule has 0 bridgehead atoms. The maximum Gasteiger partial charge on any atom is 0.372 e. The molecule has 2 aromatic carbocycles. The molecule has 0 spiro atoms. The number of oxime groups is 1. The van der Waals surface area contributed by atoms with Gasteiger partial charge in [-0.25, -0.2) is 4.79 Å². The van der Waals surface area contributed by atoms with Crippen molar-refractivity contribution in [2.75, 3.05) is 6.61 Å². The van der Waals surface area contributed by atoms with Crippen molar-refractivity contribution < 1.29 is 19.3 Å². The molecule has 25 heavy (non-hydrogen) atoms. The number of benzene rings is 2. The lowest BCUT2D eigenvalue weighted by Gasteiger charge is -2.06. The minimum absolute atomic E-state index is 0.0842. The quantitative estimate of drug-likeness (QED) is 0.322. The number of carbonyl (C=O) groups is 1. The molecular weight excluding hydrogens is 371 g/mol. The molecule has 130 valence electrons. The van der Waals surface area contributed by atoms with Gasteiger partial charge in [-0.2, -0.15) is 0 Å². The maximum absolute atomic E-state index is 11.7. The monoisotopic (exact) mass is 382 g/mol. The van der Waals surface area contributed by atoms with Crippen molar-refractivity contribution in [2.24, 2.45) is 5.16 Å². The van der Waals surface area contributed by atoms with E-state index in [1.807, 2.05) is 0 Å². The molecule has 0 unspecified atom stereocenters. The van der Waals surface area contributed by atoms with Gasteiger partial charge in [-0.05, 0) is 25.1 Å². The third kappa shape index (κ3) is 5.44. The Balaban J connectivity index is 1.95. The average molecular weight is 383 g/mol. The van der Waals surface area contributed by atoms with Gasteiger partial charge in [-0.15, -0.1) is 0 Å². The van der Waals surface area contributed by atoms with Gasteiger partial charge in [0.25, 0.3) is 5.69 Å². The van der Waals surface area contributed by atoms with Gasteiger partial charge < -0.3 is 9.57 Å². The van der Waals surface area contributed by atoms with E-state index in [-0.39, 0.29) is 16.5 Å². The summed E-state index contributed by atoms with van der Waals surface area (Å²) in [6.07, 6.45) is 0. The Bertz CT molecular complexity index is 839. The molecule has 0 fully saturated rings. The summed E-state index contributed by atoms with van der Waals surface area (Å²) >= 11 is 11.7. The molecule has 0 heterocycles. The lowest BCUT2D eigenvalue weighted by molar-refractivity contribution is -0.384. The standard InChI is InChI=1S/C16H12Cl2N2O5/c1-10(11-3-2-4-13(7-11)20(22)23)19-25-16(21)9-24-15-6-5-12(17)8-14(15)18/h2-8H,9H2,1H3. The van der Waals surface area contributed by atoms with Crippen LogP contribution in [-0.2, 0) is 9.63 Å². The highest BCUT2D eigenvalue weighted by Gasteiger charge is 2.10. The van der Waals surface area contributed by atoms with Crippen LogP contribution < -0.4 is 4.74 Å². The summed E-state index contributed by atoms with van der Waals surface area (Å²) in [6, 6.07) is 10.4. The third-order valence-electron chi connectivity index (χ3n) is 3.00. The molecule has 0 N–H and O–H groups in total. The van der Waals surface area contributed by atoms with Crippen molar-refractivity contribution in [1.29, 1.82) is 0 Å². The van der Waals surface area contributed by atoms with Gasteiger partial charge in [0.05, 0.1) is 15.7 Å². The van der Waals surface area contributed by atoms with Crippen LogP contribution in [0.25, 0.3) is 0 Å². The normalized spacial score (nSPS) is 11.1. The summed E-state index contributed by atoms with van der Waals surface area (Å²) in [6.45, 7) is 1.15. The van der Waals surface area contributed by atoms with Gasteiger partial charge >= 0.3 is 5.97 Å². The molecular formula is C16H12Cl2N2O5. The van der Waals surface area contributed by atoms with Crippen LogP contribution in [-0.4, -0.2) is 23.2 Å². The fraction of sp³-hybridized carbons (Fsp3) is 0.125. The Morgan fingerprint density at radius 3 is 2.68 bits per heavy atom. The maximum atomic E-state index is 11.7. The molecule has 0 atom stereocenters. The second-order valence-electron chi connectivity index (χ2n) is 4.81. The van der Waals surface area contributed by atoms with Crippen LogP contribution in [0.1, 0.15) is 12.5 Å². The summed E-state index contributed by atoms with van der Waals surface area (Å²) in [5.74, 6) is -0.474. The van der Waals surface area contributed by atoms with Crippen molar-refractivity contribution in [3.63, 3.8) is 0 Å². The predicted octanol–water partition coefficient (Wildman–Crippen LogP) is 4.25. The number of hydrogen-bond donors (Lipinski definition) is 0. The van der Waals surface area contributed by atoms with Gasteiger partial charge in [0.15, 0.2) is 6.61 Å². The molecule has 0 radical (unpaired) electrons. The van der Waals surface area contributed by atoms with Crippen LogP contribution in [0, 0.1) is 10.1 Å². The highest BCUT2D eigenvalue weighted by molar-refractivity contribution is 6.35. The minimum atomic E-state index is -0.754. The Labute approximate surface area is 152 Å². The molecule has 0 saturated heterocycles. The van der Waals surface area contributed by atoms with Crippen molar-refractivity contribution in [2.45, 2.75) is 6.92 Å². The van der Waals surface area contributed by atoms with E-state index in [1.165, 1.54) is 30.3 Å². The lowest BCUT2D eigenvalue weighted by Crippen LogP contribution is -2.13. The first-order valence-electron chi connectivity index (χ1n) is 6.94. The highest BCUT2D eigenvalue weighted by Crippen LogP contribution is 2.27. The molecule has 0 aliphatic carbocycles. The number of hydrogen-bond acceptors (Lipinski definition) is 6. The summed E-state index contributed by atoms with van der Waals surface area (Å²) in [5, 5.41) is 15.1. The van der Waals surface area contributed by atoms with Gasteiger partial charge in [0.2, 0.25) is 0 Å². The summed E-state index contributed by atoms with van der Waals surface area (Å²) in [4.78, 5) is 26.6. The molecule has 0 aromatic heterocycles. The molecule has 2 rings (SSSR count). The Morgan fingerprint density at radius 2 is 2.00 bits per heavy atom. The number of halogens is 2. The second kappa shape index (κ2) is 8.46. The average Bonchev–Trinajstić information content (AvgIpc) is 2.59. The Kier molecular flexibility index (Phi) is 6.32. The Morgan fingerprint density at radius 1 is 1.24 bits per heavy atom. The number of ether oxygens (including phenoxy) is 1. The lowest BCUT2D eigenvalue weighted by atomic mass is 10.1. The van der Waals surface area contributed by atoms with Crippen LogP contribution in [0.5, 0.6) is 5.75 Å². The molecule has 7 nitrogen and oxygen atoms in total. The predicted molar refractivity (Wildman–Crippen MR) is 93.4 cm³/mol. The fourth-order valence-corrected chi connectivity index (χ4v) is 2.23. The zero-order chi connectivity index (χ0) is 18.4. The van der Waals surface area contributed by atoms with Crippen molar-refractivity contribution >= 4 is 40.6 Å². The van der Waals surface area contributed by atoms with Crippen molar-refractivity contribution in [1.82, 2.24) is 0 Å². The van der Waals surface area contributed by atoms with Crippen LogP contribution in [0.15, 0.2) is 47.6 Å². The zero-order valence-corrected chi connectivity index (χ0v) is 14.5. The van der Waals surface area contributed by atoms with Crippen LogP contribution in [0.3, 0.4) is 0 Å². The smallest absolute Gasteiger partial charge is 0.372 e. The zero-order valence-electron chi connectivity index (χ0n) is 12.9. The van der Waals surface area contributed by atoms with Gasteiger partial charge in [-0.1, -0.05) is 40.5 Å². The van der Waals surface area contributed by atoms with E-state index in [9.17, 15) is 14.9 Å². The molecule has 9 heteroatoms. The van der Waals surface area contributed by atoms with E-state index in [0.29, 0.717) is 16.3 Å². The first-order chi connectivity index (χ1) is 11.9. The Hall–Kier alpha value is -2.64. The van der Waals surface area contributed by atoms with E-state index in [4.69, 9.17) is 32.8 Å². The van der Waals surface area contributed by atoms with Crippen LogP contribution in [0.4, 0.5) is 5.69 Å². The molecule has 0 saturated carbocycles. The van der Waals surface area contributed by atoms with E-state index in [2.05, 4.69) is 5.16 Å². The van der Waals surface area contributed by atoms with Crippen LogP contribution >= 0.6 is 23.2 Å². The summed E-state index contributed by atoms with van der Waals surface area (Å²) < 4.78 is 5.22. The summed E-state index contributed by atoms with van der Waals surface area (Å²) in [5.41, 5.74) is 0.685. The molecule has 0 aliphatic heterocycles. The van der Waals surface area contributed by atoms with E-state index in [1.54, 1.807) is 19.1 Å². The van der Waals surface area contributed by atoms with E-state index < -0.39 is 17.5 Å². The first kappa shape index (κ1) is 18.7. The van der Waals surface area contributed by atoms with Gasteiger partial charge in [0.1, 0.15) is 5.75 Å². The SMILES string of the molecule is CC(=NOC(=O)COc1ccc(Cl)cc1Cl)c1cccc([N+](=O)[O-])c1. The number of non-ortho nitro benzene ring substituents is 1. The fourth-order valence-electron chi connectivity index (χ4n) is 1.77. The topological polar surface area (TPSA) is 91.0 Å². The highest BCUT2D eigenvalue weighted by atomic mass is 35.5. The second-order valence-corrected chi connectivity index (χ2v) is 5.65. The largest absolute Gasteiger partial charge is 0.480 e. The molecule has 0 aliphatic rings. The number of nitro benzene ring substituents is 1. The number of nitrogens with zero attached hydrogens (tertiary/aromatic N) is 2. The molecule has 2 aromatic rings. The van der Waals surface area contributed by atoms with Crippen LogP contribution in [0.2, 0.25) is 10.0 Å². The number of rotatable bonds is 6. The minimum Gasteiger partial charge on any atom is -0.480 e. The van der Waals surface area contributed by atoms with E-state index in [0.717, 1.165) is 0 Å². The van der Waals surface area contributed by atoms with Gasteiger partial charge in [-0.3, -0.25) is 10.1 Å². The first-order valence-corrected chi connectivity index (χ1v) is 7.69. The number of nitro groups is 1. The van der Waals surface area contributed by atoms with Crippen molar-refractivity contribution in [3.05, 3.63) is 68.2 Å².